The van der Waals surface area contributed by atoms with Gasteiger partial charge in [0.25, 0.3) is 0 Å². The van der Waals surface area contributed by atoms with Gasteiger partial charge in [-0.1, -0.05) is 35.5 Å². The summed E-state index contributed by atoms with van der Waals surface area (Å²) in [7, 11) is 0. The van der Waals surface area contributed by atoms with Crippen LogP contribution in [0.1, 0.15) is 12.5 Å². The van der Waals surface area contributed by atoms with Crippen LogP contribution in [0.2, 0.25) is 0 Å². The van der Waals surface area contributed by atoms with Gasteiger partial charge in [0.1, 0.15) is 5.71 Å². The first-order chi connectivity index (χ1) is 7.40. The summed E-state index contributed by atoms with van der Waals surface area (Å²) in [5.74, 6) is 0. The topological polar surface area (TPSA) is 30.8 Å². The molecule has 1 heterocycles. The Morgan fingerprint density at radius 1 is 1.33 bits per heavy atom. The highest BCUT2D eigenvalue weighted by molar-refractivity contribution is 6.08. The van der Waals surface area contributed by atoms with E-state index in [0.717, 1.165) is 11.3 Å². The normalized spacial score (nSPS) is 19.5. The van der Waals surface area contributed by atoms with Crippen molar-refractivity contribution in [2.75, 3.05) is 6.61 Å². The summed E-state index contributed by atoms with van der Waals surface area (Å²) in [6, 6.07) is 9.90. The van der Waals surface area contributed by atoms with Crippen LogP contribution in [0.4, 0.5) is 0 Å². The van der Waals surface area contributed by atoms with E-state index in [1.807, 2.05) is 49.4 Å². The molecule has 3 heteroatoms. The molecule has 0 N–H and O–H groups in total. The molecule has 3 nitrogen and oxygen atoms in total. The second-order valence-electron chi connectivity index (χ2n) is 3.13. The Morgan fingerprint density at radius 2 is 2.13 bits per heavy atom. The van der Waals surface area contributed by atoms with E-state index in [1.54, 1.807) is 0 Å². The summed E-state index contributed by atoms with van der Waals surface area (Å²) in [4.78, 5) is 5.16. The average molecular weight is 203 g/mol. The fraction of sp³-hybridized carbons (Fsp3) is 0.250. The summed E-state index contributed by atoms with van der Waals surface area (Å²) < 4.78 is 5.25. The van der Waals surface area contributed by atoms with Crippen LogP contribution < -0.4 is 0 Å². The summed E-state index contributed by atoms with van der Waals surface area (Å²) in [6.07, 6.45) is 3.43. The lowest BCUT2D eigenvalue weighted by Gasteiger charge is -2.15. The van der Waals surface area contributed by atoms with Gasteiger partial charge in [0.2, 0.25) is 6.29 Å². The molecule has 2 rings (SSSR count). The van der Waals surface area contributed by atoms with E-state index >= 15 is 0 Å². The highest BCUT2D eigenvalue weighted by atomic mass is 16.8. The summed E-state index contributed by atoms with van der Waals surface area (Å²) >= 11 is 0. The Bertz CT molecular complexity index is 370. The van der Waals surface area contributed by atoms with E-state index in [1.165, 1.54) is 0 Å². The molecule has 0 fully saturated rings. The number of hydrogen-bond acceptors (Lipinski definition) is 3. The Labute approximate surface area is 89.0 Å². The van der Waals surface area contributed by atoms with Crippen LogP contribution in [0.5, 0.6) is 0 Å². The third-order valence-corrected chi connectivity index (χ3v) is 2.07. The number of oxime groups is 1. The predicted molar refractivity (Wildman–Crippen MR) is 58.6 cm³/mol. The van der Waals surface area contributed by atoms with Gasteiger partial charge in [0, 0.05) is 12.2 Å². The first kappa shape index (κ1) is 9.93. The minimum Gasteiger partial charge on any atom is -0.359 e. The Balaban J connectivity index is 2.07. The molecule has 1 aromatic carbocycles. The second-order valence-corrected chi connectivity index (χ2v) is 3.13. The van der Waals surface area contributed by atoms with Crippen LogP contribution in [0.25, 0.3) is 0 Å². The van der Waals surface area contributed by atoms with Gasteiger partial charge in [-0.05, 0) is 19.1 Å². The van der Waals surface area contributed by atoms with E-state index in [-0.39, 0.29) is 6.29 Å². The third kappa shape index (κ3) is 2.44. The number of hydrogen-bond donors (Lipinski definition) is 0. The van der Waals surface area contributed by atoms with Crippen LogP contribution in [0, 0.1) is 0 Å². The minimum absolute atomic E-state index is 0.345. The first-order valence-electron chi connectivity index (χ1n) is 4.99. The van der Waals surface area contributed by atoms with Gasteiger partial charge < -0.3 is 9.57 Å². The van der Waals surface area contributed by atoms with Crippen molar-refractivity contribution >= 4 is 5.71 Å². The zero-order valence-corrected chi connectivity index (χ0v) is 8.59. The Kier molecular flexibility index (Phi) is 3.15. The summed E-state index contributed by atoms with van der Waals surface area (Å²) in [6.45, 7) is 2.54. The summed E-state index contributed by atoms with van der Waals surface area (Å²) in [5, 5.41) is 4.00. The number of ether oxygens (including phenoxy) is 1. The van der Waals surface area contributed by atoms with Crippen molar-refractivity contribution in [3.63, 3.8) is 0 Å². The van der Waals surface area contributed by atoms with Gasteiger partial charge >= 0.3 is 0 Å². The van der Waals surface area contributed by atoms with Crippen LogP contribution >= 0.6 is 0 Å². The standard InChI is InChI=1S/C12H13NO2/c1-2-14-12-9-8-11(13-15-12)10-6-4-3-5-7-10/h3-9,12H,2H2,1H3. The molecule has 0 radical (unpaired) electrons. The fourth-order valence-corrected chi connectivity index (χ4v) is 1.35. The fourth-order valence-electron chi connectivity index (χ4n) is 1.35. The van der Waals surface area contributed by atoms with E-state index < -0.39 is 0 Å². The van der Waals surface area contributed by atoms with E-state index in [9.17, 15) is 0 Å². The molecular formula is C12H13NO2. The van der Waals surface area contributed by atoms with Gasteiger partial charge in [-0.15, -0.1) is 0 Å². The van der Waals surface area contributed by atoms with Crippen molar-refractivity contribution in [3.8, 4) is 0 Å². The van der Waals surface area contributed by atoms with Crippen LogP contribution in [0.3, 0.4) is 0 Å². The molecule has 1 aliphatic rings. The van der Waals surface area contributed by atoms with Crippen molar-refractivity contribution in [1.29, 1.82) is 0 Å². The van der Waals surface area contributed by atoms with Gasteiger partial charge in [0.15, 0.2) is 0 Å². The number of rotatable bonds is 3. The molecule has 0 amide bonds. The van der Waals surface area contributed by atoms with Crippen LogP contribution in [-0.2, 0) is 9.57 Å². The maximum Gasteiger partial charge on any atom is 0.246 e. The number of allylic oxidation sites excluding steroid dienone is 1. The molecule has 15 heavy (non-hydrogen) atoms. The molecule has 1 aliphatic heterocycles. The molecule has 0 bridgehead atoms. The van der Waals surface area contributed by atoms with Crippen molar-refractivity contribution in [2.24, 2.45) is 5.16 Å². The Hall–Kier alpha value is -1.61. The molecule has 1 unspecified atom stereocenters. The summed E-state index contributed by atoms with van der Waals surface area (Å²) in [5.41, 5.74) is 1.87. The lowest BCUT2D eigenvalue weighted by Crippen LogP contribution is -2.17. The SMILES string of the molecule is CCOC1C=CC(c2ccccc2)=NO1. The average Bonchev–Trinajstić information content (AvgIpc) is 2.32. The van der Waals surface area contributed by atoms with Crippen molar-refractivity contribution in [2.45, 2.75) is 13.2 Å². The zero-order chi connectivity index (χ0) is 10.5. The molecule has 78 valence electrons. The molecule has 0 aromatic heterocycles. The highest BCUT2D eigenvalue weighted by Gasteiger charge is 2.11. The lowest BCUT2D eigenvalue weighted by molar-refractivity contribution is -0.108. The molecule has 0 aliphatic carbocycles. The lowest BCUT2D eigenvalue weighted by atomic mass is 10.1. The van der Waals surface area contributed by atoms with Crippen molar-refractivity contribution in [3.05, 3.63) is 48.0 Å². The van der Waals surface area contributed by atoms with E-state index in [4.69, 9.17) is 9.57 Å². The third-order valence-electron chi connectivity index (χ3n) is 2.07. The number of benzene rings is 1. The first-order valence-corrected chi connectivity index (χ1v) is 4.99. The maximum atomic E-state index is 5.25. The molecule has 1 atom stereocenters. The van der Waals surface area contributed by atoms with Gasteiger partial charge in [-0.3, -0.25) is 0 Å². The predicted octanol–water partition coefficient (Wildman–Crippen LogP) is 2.34. The highest BCUT2D eigenvalue weighted by Crippen LogP contribution is 2.10. The molecule has 0 saturated heterocycles. The van der Waals surface area contributed by atoms with Crippen molar-refractivity contribution in [1.82, 2.24) is 0 Å². The van der Waals surface area contributed by atoms with Gasteiger partial charge in [-0.25, -0.2) is 0 Å². The van der Waals surface area contributed by atoms with Crippen molar-refractivity contribution < 1.29 is 9.57 Å². The van der Waals surface area contributed by atoms with Crippen LogP contribution in [-0.4, -0.2) is 18.6 Å². The minimum atomic E-state index is -0.345. The van der Waals surface area contributed by atoms with Gasteiger partial charge in [-0.2, -0.15) is 0 Å². The monoisotopic (exact) mass is 203 g/mol. The zero-order valence-electron chi connectivity index (χ0n) is 8.59. The molecule has 0 spiro atoms. The molecule has 0 saturated carbocycles. The van der Waals surface area contributed by atoms with E-state index in [0.29, 0.717) is 6.61 Å². The van der Waals surface area contributed by atoms with E-state index in [2.05, 4.69) is 5.16 Å². The maximum absolute atomic E-state index is 5.25. The smallest absolute Gasteiger partial charge is 0.246 e. The van der Waals surface area contributed by atoms with Gasteiger partial charge in [0.05, 0.1) is 0 Å². The van der Waals surface area contributed by atoms with Crippen LogP contribution in [0.15, 0.2) is 47.6 Å². The Morgan fingerprint density at radius 3 is 2.73 bits per heavy atom. The largest absolute Gasteiger partial charge is 0.359 e. The molecular weight excluding hydrogens is 190 g/mol. The number of nitrogens with zero attached hydrogens (tertiary/aromatic N) is 1. The molecule has 1 aromatic rings. The quantitative estimate of drug-likeness (QED) is 0.755. The second kappa shape index (κ2) is 4.75.